The van der Waals surface area contributed by atoms with Gasteiger partial charge in [-0.05, 0) is 17.0 Å². The van der Waals surface area contributed by atoms with Crippen LogP contribution in [0.15, 0.2) is 9.98 Å². The predicted molar refractivity (Wildman–Crippen MR) is 99.3 cm³/mol. The molecule has 0 bridgehead atoms. The minimum Gasteiger partial charge on any atom is -0.483 e. The Kier molecular flexibility index (Phi) is 6.44. The molecule has 5 nitrogen and oxygen atoms in total. The minimum absolute atomic E-state index is 0.147. The summed E-state index contributed by atoms with van der Waals surface area (Å²) < 4.78 is 10.9. The fourth-order valence-corrected chi connectivity index (χ4v) is 4.39. The molecule has 1 aliphatic heterocycles. The Balaban J connectivity index is 3.06. The molecule has 1 rings (SSSR count). The number of aliphatic hydroxyl groups excluding tert-OH is 1. The Morgan fingerprint density at radius 2 is 1.48 bits per heavy atom. The first-order chi connectivity index (χ1) is 10.4. The predicted octanol–water partition coefficient (Wildman–Crippen LogP) is 3.35. The molecule has 0 amide bonds. The molecule has 0 aliphatic carbocycles. The second-order valence-electron chi connectivity index (χ2n) is 8.38. The van der Waals surface area contributed by atoms with Gasteiger partial charge in [-0.3, -0.25) is 0 Å². The largest absolute Gasteiger partial charge is 0.483 e. The third-order valence-electron chi connectivity index (χ3n) is 5.20. The SMILES string of the molecule is COC1=N[C@H]([C@H](O)C[Si](C)(C)C(C)(C)C)C(OC)=N[C@H]1C(C)C. The maximum Gasteiger partial charge on any atom is 0.212 e. The summed E-state index contributed by atoms with van der Waals surface area (Å²) in [6, 6.07) is 0.126. The van der Waals surface area contributed by atoms with E-state index in [4.69, 9.17) is 9.47 Å². The number of methoxy groups -OCH3 is 2. The molecule has 0 saturated carbocycles. The monoisotopic (exact) mass is 342 g/mol. The van der Waals surface area contributed by atoms with E-state index in [2.05, 4.69) is 57.7 Å². The summed E-state index contributed by atoms with van der Waals surface area (Å²) in [6.45, 7) is 15.5. The molecule has 0 spiro atoms. The molecular weight excluding hydrogens is 308 g/mol. The van der Waals surface area contributed by atoms with Crippen LogP contribution in [0.5, 0.6) is 0 Å². The highest BCUT2D eigenvalue weighted by Crippen LogP contribution is 2.40. The lowest BCUT2D eigenvalue weighted by Crippen LogP contribution is -2.47. The Hall–Kier alpha value is -0.883. The molecule has 0 unspecified atom stereocenters. The van der Waals surface area contributed by atoms with E-state index in [1.54, 1.807) is 14.2 Å². The van der Waals surface area contributed by atoms with Crippen LogP contribution in [0.1, 0.15) is 34.6 Å². The first-order valence-electron chi connectivity index (χ1n) is 8.36. The molecule has 0 aromatic carbocycles. The van der Waals surface area contributed by atoms with Gasteiger partial charge >= 0.3 is 0 Å². The van der Waals surface area contributed by atoms with Crippen LogP contribution in [0, 0.1) is 5.92 Å². The lowest BCUT2D eigenvalue weighted by atomic mass is 10.0. The van der Waals surface area contributed by atoms with Crippen LogP contribution in [0.4, 0.5) is 0 Å². The third kappa shape index (κ3) is 4.56. The van der Waals surface area contributed by atoms with Gasteiger partial charge < -0.3 is 14.6 Å². The summed E-state index contributed by atoms with van der Waals surface area (Å²) in [5.41, 5.74) is 0. The average molecular weight is 343 g/mol. The average Bonchev–Trinajstić information content (AvgIpc) is 2.43. The van der Waals surface area contributed by atoms with Crippen molar-refractivity contribution in [2.75, 3.05) is 14.2 Å². The zero-order valence-corrected chi connectivity index (χ0v) is 17.2. The molecule has 0 saturated heterocycles. The van der Waals surface area contributed by atoms with Crippen LogP contribution < -0.4 is 0 Å². The Morgan fingerprint density at radius 3 is 1.87 bits per heavy atom. The van der Waals surface area contributed by atoms with E-state index in [9.17, 15) is 5.11 Å². The maximum atomic E-state index is 10.8. The molecule has 0 aromatic rings. The lowest BCUT2D eigenvalue weighted by molar-refractivity contribution is 0.168. The summed E-state index contributed by atoms with van der Waals surface area (Å²) in [5, 5.41) is 11.0. The number of hydrogen-bond acceptors (Lipinski definition) is 5. The van der Waals surface area contributed by atoms with E-state index in [-0.39, 0.29) is 17.0 Å². The van der Waals surface area contributed by atoms with Crippen LogP contribution in [-0.2, 0) is 9.47 Å². The highest BCUT2D eigenvalue weighted by Gasteiger charge is 2.41. The number of aliphatic hydroxyl groups is 1. The van der Waals surface area contributed by atoms with Crippen molar-refractivity contribution in [1.29, 1.82) is 0 Å². The number of ether oxygens (including phenoxy) is 2. The van der Waals surface area contributed by atoms with Crippen molar-refractivity contribution in [1.82, 2.24) is 0 Å². The second kappa shape index (κ2) is 7.34. The minimum atomic E-state index is -1.64. The van der Waals surface area contributed by atoms with Crippen molar-refractivity contribution in [3.05, 3.63) is 0 Å². The van der Waals surface area contributed by atoms with Gasteiger partial charge in [0.05, 0.1) is 28.4 Å². The summed E-state index contributed by atoms with van der Waals surface area (Å²) in [5.74, 6) is 1.35. The standard InChI is InChI=1S/C17H34N2O3Si/c1-11(2)13-15(21-6)19-14(16(18-13)22-7)12(20)10-23(8,9)17(3,4)5/h11-14,20H,10H2,1-9H3/t12-,13+,14-/m1/s1. The van der Waals surface area contributed by atoms with Gasteiger partial charge in [-0.25, -0.2) is 9.98 Å². The zero-order chi connectivity index (χ0) is 18.0. The van der Waals surface area contributed by atoms with Gasteiger partial charge in [0, 0.05) is 0 Å². The first-order valence-corrected chi connectivity index (χ1v) is 11.6. The fourth-order valence-electron chi connectivity index (χ4n) is 2.51. The van der Waals surface area contributed by atoms with Crippen molar-refractivity contribution in [3.63, 3.8) is 0 Å². The molecule has 0 fully saturated rings. The molecule has 6 heteroatoms. The molecule has 0 radical (unpaired) electrons. The van der Waals surface area contributed by atoms with Crippen molar-refractivity contribution in [3.8, 4) is 0 Å². The molecule has 1 heterocycles. The maximum absolute atomic E-state index is 10.8. The van der Waals surface area contributed by atoms with Crippen molar-refractivity contribution < 1.29 is 14.6 Å². The zero-order valence-electron chi connectivity index (χ0n) is 16.2. The molecule has 134 valence electrons. The Morgan fingerprint density at radius 1 is 1.04 bits per heavy atom. The molecule has 1 N–H and O–H groups in total. The van der Waals surface area contributed by atoms with E-state index in [1.165, 1.54) is 0 Å². The number of hydrogen-bond donors (Lipinski definition) is 1. The van der Waals surface area contributed by atoms with Crippen LogP contribution in [0.2, 0.25) is 24.2 Å². The molecule has 1 aliphatic rings. The highest BCUT2D eigenvalue weighted by molar-refractivity contribution is 6.80. The van der Waals surface area contributed by atoms with E-state index >= 15 is 0 Å². The van der Waals surface area contributed by atoms with Gasteiger partial charge in [0.2, 0.25) is 11.8 Å². The van der Waals surface area contributed by atoms with Crippen molar-refractivity contribution >= 4 is 19.9 Å². The van der Waals surface area contributed by atoms with Crippen LogP contribution in [0.3, 0.4) is 0 Å². The number of aliphatic imine (C=N–C) groups is 2. The van der Waals surface area contributed by atoms with Gasteiger partial charge in [0.1, 0.15) is 6.04 Å². The van der Waals surface area contributed by atoms with E-state index in [0.29, 0.717) is 11.8 Å². The van der Waals surface area contributed by atoms with Crippen LogP contribution in [-0.4, -0.2) is 57.4 Å². The van der Waals surface area contributed by atoms with Crippen molar-refractivity contribution in [2.24, 2.45) is 15.9 Å². The van der Waals surface area contributed by atoms with E-state index < -0.39 is 20.2 Å². The van der Waals surface area contributed by atoms with Gasteiger partial charge in [-0.1, -0.05) is 47.7 Å². The lowest BCUT2D eigenvalue weighted by Gasteiger charge is -2.40. The van der Waals surface area contributed by atoms with Gasteiger partial charge in [-0.2, -0.15) is 0 Å². The third-order valence-corrected chi connectivity index (χ3v) is 10.7. The summed E-state index contributed by atoms with van der Waals surface area (Å²) in [4.78, 5) is 9.27. The molecule has 0 aromatic heterocycles. The normalized spacial score (nSPS) is 24.1. The summed E-state index contributed by atoms with van der Waals surface area (Å²) >= 11 is 0. The van der Waals surface area contributed by atoms with Gasteiger partial charge in [0.25, 0.3) is 0 Å². The molecule has 23 heavy (non-hydrogen) atoms. The number of nitrogens with zero attached hydrogens (tertiary/aromatic N) is 2. The Bertz CT molecular complexity index is 467. The van der Waals surface area contributed by atoms with E-state index in [1.807, 2.05) is 0 Å². The van der Waals surface area contributed by atoms with Gasteiger partial charge in [0.15, 0.2) is 6.04 Å². The second-order valence-corrected chi connectivity index (χ2v) is 14.1. The topological polar surface area (TPSA) is 63.4 Å². The Labute approximate surface area is 142 Å². The van der Waals surface area contributed by atoms with Crippen LogP contribution in [0.25, 0.3) is 0 Å². The van der Waals surface area contributed by atoms with Crippen LogP contribution >= 0.6 is 0 Å². The van der Waals surface area contributed by atoms with Gasteiger partial charge in [-0.15, -0.1) is 0 Å². The summed E-state index contributed by atoms with van der Waals surface area (Å²) in [6.07, 6.45) is -0.604. The highest BCUT2D eigenvalue weighted by atomic mass is 28.3. The first kappa shape index (κ1) is 20.2. The molecular formula is C17H34N2O3Si. The quantitative estimate of drug-likeness (QED) is 0.797. The fraction of sp³-hybridized carbons (Fsp3) is 0.882. The summed E-state index contributed by atoms with van der Waals surface area (Å²) in [7, 11) is 1.57. The molecule has 3 atom stereocenters. The van der Waals surface area contributed by atoms with E-state index in [0.717, 1.165) is 6.04 Å². The number of rotatable bonds is 4. The smallest absolute Gasteiger partial charge is 0.212 e. The van der Waals surface area contributed by atoms with Crippen molar-refractivity contribution in [2.45, 2.75) is 77.0 Å².